The monoisotopic (exact) mass is 221 g/mol. The van der Waals surface area contributed by atoms with E-state index in [4.69, 9.17) is 9.84 Å². The van der Waals surface area contributed by atoms with Gasteiger partial charge in [-0.3, -0.25) is 9.88 Å². The Hall–Kier alpha value is -2.08. The van der Waals surface area contributed by atoms with Crippen LogP contribution in [0.3, 0.4) is 0 Å². The summed E-state index contributed by atoms with van der Waals surface area (Å²) in [7, 11) is 1.54. The molecule has 0 saturated heterocycles. The standard InChI is InChI=1S/C10H11N3O3/c1-16-6-13-8-5-3-2-4-7(8)11-9(13)12-10(14)15/h2-5H,6H2,1H3,(H,11,12)(H,14,15). The number of hydrogen-bond donors (Lipinski definition) is 2. The molecule has 2 rings (SSSR count). The van der Waals surface area contributed by atoms with Crippen LogP contribution < -0.4 is 5.32 Å². The van der Waals surface area contributed by atoms with Crippen LogP contribution in [-0.2, 0) is 11.5 Å². The van der Waals surface area contributed by atoms with Gasteiger partial charge in [-0.25, -0.2) is 9.78 Å². The summed E-state index contributed by atoms with van der Waals surface area (Å²) in [6.45, 7) is 0.246. The van der Waals surface area contributed by atoms with Gasteiger partial charge in [0.15, 0.2) is 0 Å². The second kappa shape index (κ2) is 4.19. The van der Waals surface area contributed by atoms with Crippen LogP contribution in [-0.4, -0.2) is 27.9 Å². The van der Waals surface area contributed by atoms with Crippen molar-refractivity contribution in [2.45, 2.75) is 6.73 Å². The number of amides is 1. The molecule has 0 aliphatic rings. The molecule has 16 heavy (non-hydrogen) atoms. The van der Waals surface area contributed by atoms with Gasteiger partial charge in [-0.2, -0.15) is 0 Å². The summed E-state index contributed by atoms with van der Waals surface area (Å²) < 4.78 is 6.66. The molecule has 1 heterocycles. The first-order valence-electron chi connectivity index (χ1n) is 4.66. The highest BCUT2D eigenvalue weighted by Crippen LogP contribution is 2.19. The number of fused-ring (bicyclic) bond motifs is 1. The number of hydrogen-bond acceptors (Lipinski definition) is 3. The third kappa shape index (κ3) is 1.82. The van der Waals surface area contributed by atoms with Gasteiger partial charge in [-0.05, 0) is 12.1 Å². The van der Waals surface area contributed by atoms with Crippen LogP contribution in [0.4, 0.5) is 10.7 Å². The normalized spacial score (nSPS) is 10.6. The molecule has 6 heteroatoms. The van der Waals surface area contributed by atoms with E-state index in [0.717, 1.165) is 11.0 Å². The summed E-state index contributed by atoms with van der Waals surface area (Å²) in [6, 6.07) is 7.38. The molecular formula is C10H11N3O3. The van der Waals surface area contributed by atoms with Gasteiger partial charge >= 0.3 is 6.09 Å². The summed E-state index contributed by atoms with van der Waals surface area (Å²) in [5.41, 5.74) is 1.55. The molecule has 0 radical (unpaired) electrons. The molecule has 2 aromatic rings. The van der Waals surface area contributed by atoms with Gasteiger partial charge in [0, 0.05) is 7.11 Å². The molecule has 1 amide bonds. The highest BCUT2D eigenvalue weighted by atomic mass is 16.5. The fraction of sp³-hybridized carbons (Fsp3) is 0.200. The zero-order chi connectivity index (χ0) is 11.5. The predicted molar refractivity (Wildman–Crippen MR) is 58.4 cm³/mol. The van der Waals surface area contributed by atoms with Crippen molar-refractivity contribution >= 4 is 23.1 Å². The number of nitrogens with one attached hydrogen (secondary N) is 1. The molecule has 0 aliphatic carbocycles. The van der Waals surface area contributed by atoms with Crippen LogP contribution >= 0.6 is 0 Å². The highest BCUT2D eigenvalue weighted by Gasteiger charge is 2.11. The lowest BCUT2D eigenvalue weighted by atomic mass is 10.3. The lowest BCUT2D eigenvalue weighted by Crippen LogP contribution is -2.13. The van der Waals surface area contributed by atoms with Crippen molar-refractivity contribution in [3.63, 3.8) is 0 Å². The number of imidazole rings is 1. The zero-order valence-corrected chi connectivity index (χ0v) is 8.67. The van der Waals surface area contributed by atoms with Crippen molar-refractivity contribution in [3.8, 4) is 0 Å². The number of nitrogens with zero attached hydrogens (tertiary/aromatic N) is 2. The van der Waals surface area contributed by atoms with Crippen molar-refractivity contribution in [1.82, 2.24) is 9.55 Å². The first-order chi connectivity index (χ1) is 7.72. The van der Waals surface area contributed by atoms with Crippen molar-refractivity contribution in [2.24, 2.45) is 0 Å². The Kier molecular flexibility index (Phi) is 2.74. The largest absolute Gasteiger partial charge is 0.465 e. The van der Waals surface area contributed by atoms with Crippen LogP contribution in [0.5, 0.6) is 0 Å². The Morgan fingerprint density at radius 1 is 1.56 bits per heavy atom. The highest BCUT2D eigenvalue weighted by molar-refractivity contribution is 5.85. The topological polar surface area (TPSA) is 76.4 Å². The Morgan fingerprint density at radius 3 is 3.00 bits per heavy atom. The second-order valence-corrected chi connectivity index (χ2v) is 3.20. The molecule has 0 bridgehead atoms. The van der Waals surface area contributed by atoms with Gasteiger partial charge in [-0.1, -0.05) is 12.1 Å². The molecular weight excluding hydrogens is 210 g/mol. The van der Waals surface area contributed by atoms with E-state index >= 15 is 0 Å². The van der Waals surface area contributed by atoms with Crippen molar-refractivity contribution in [1.29, 1.82) is 0 Å². The van der Waals surface area contributed by atoms with E-state index in [9.17, 15) is 4.79 Å². The first-order valence-corrected chi connectivity index (χ1v) is 4.66. The number of carboxylic acid groups (broad SMARTS) is 1. The van der Waals surface area contributed by atoms with Crippen molar-refractivity contribution in [3.05, 3.63) is 24.3 Å². The second-order valence-electron chi connectivity index (χ2n) is 3.20. The Morgan fingerprint density at radius 2 is 2.31 bits per heavy atom. The van der Waals surface area contributed by atoms with Gasteiger partial charge in [-0.15, -0.1) is 0 Å². The van der Waals surface area contributed by atoms with E-state index in [2.05, 4.69) is 10.3 Å². The summed E-state index contributed by atoms with van der Waals surface area (Å²) in [5, 5.41) is 10.9. The summed E-state index contributed by atoms with van der Waals surface area (Å²) >= 11 is 0. The van der Waals surface area contributed by atoms with Crippen molar-refractivity contribution < 1.29 is 14.6 Å². The molecule has 1 aromatic carbocycles. The fourth-order valence-electron chi connectivity index (χ4n) is 1.53. The van der Waals surface area contributed by atoms with Gasteiger partial charge in [0.05, 0.1) is 11.0 Å². The zero-order valence-electron chi connectivity index (χ0n) is 8.67. The summed E-state index contributed by atoms with van der Waals surface area (Å²) in [6.07, 6.45) is -1.15. The van der Waals surface area contributed by atoms with Crippen molar-refractivity contribution in [2.75, 3.05) is 12.4 Å². The van der Waals surface area contributed by atoms with Crippen LogP contribution in [0, 0.1) is 0 Å². The quantitative estimate of drug-likeness (QED) is 0.827. The maximum absolute atomic E-state index is 10.6. The molecule has 2 N–H and O–H groups in total. The maximum Gasteiger partial charge on any atom is 0.411 e. The molecule has 0 spiro atoms. The number of aromatic nitrogens is 2. The van der Waals surface area contributed by atoms with Crippen LogP contribution in [0.1, 0.15) is 0 Å². The third-order valence-electron chi connectivity index (χ3n) is 2.13. The molecule has 0 fully saturated rings. The van der Waals surface area contributed by atoms with E-state index in [1.807, 2.05) is 24.3 Å². The SMILES string of the molecule is COCn1c(NC(=O)O)nc2ccccc21. The Balaban J connectivity index is 2.53. The average Bonchev–Trinajstić information content (AvgIpc) is 2.57. The maximum atomic E-state index is 10.6. The van der Waals surface area contributed by atoms with Crippen LogP contribution in [0.2, 0.25) is 0 Å². The van der Waals surface area contributed by atoms with Gasteiger partial charge < -0.3 is 9.84 Å². The lowest BCUT2D eigenvalue weighted by Gasteiger charge is -2.06. The number of carbonyl (C=O) groups is 1. The minimum atomic E-state index is -1.15. The molecule has 84 valence electrons. The summed E-state index contributed by atoms with van der Waals surface area (Å²) in [5.74, 6) is 0.260. The van der Waals surface area contributed by atoms with E-state index in [0.29, 0.717) is 0 Å². The third-order valence-corrected chi connectivity index (χ3v) is 2.13. The molecule has 0 aliphatic heterocycles. The molecule has 0 unspecified atom stereocenters. The molecule has 0 saturated carbocycles. The smallest absolute Gasteiger partial charge is 0.411 e. The van der Waals surface area contributed by atoms with E-state index < -0.39 is 6.09 Å². The van der Waals surface area contributed by atoms with Gasteiger partial charge in [0.2, 0.25) is 5.95 Å². The Bertz CT molecular complexity index is 521. The number of benzene rings is 1. The van der Waals surface area contributed by atoms with Crippen LogP contribution in [0.15, 0.2) is 24.3 Å². The number of anilines is 1. The average molecular weight is 221 g/mol. The Labute approximate surface area is 91.5 Å². The van der Waals surface area contributed by atoms with Gasteiger partial charge in [0.25, 0.3) is 0 Å². The molecule has 1 aromatic heterocycles. The number of rotatable bonds is 3. The van der Waals surface area contributed by atoms with E-state index in [1.165, 1.54) is 0 Å². The number of ether oxygens (including phenoxy) is 1. The number of para-hydroxylation sites is 2. The predicted octanol–water partition coefficient (Wildman–Crippen LogP) is 1.73. The number of methoxy groups -OCH3 is 1. The van der Waals surface area contributed by atoms with Gasteiger partial charge in [0.1, 0.15) is 6.73 Å². The minimum Gasteiger partial charge on any atom is -0.465 e. The lowest BCUT2D eigenvalue weighted by molar-refractivity contribution is 0.135. The van der Waals surface area contributed by atoms with E-state index in [1.54, 1.807) is 11.7 Å². The summed E-state index contributed by atoms with van der Waals surface area (Å²) in [4.78, 5) is 14.8. The fourth-order valence-corrected chi connectivity index (χ4v) is 1.53. The molecule has 6 nitrogen and oxygen atoms in total. The molecule has 0 atom stereocenters. The first kappa shape index (κ1) is 10.4. The minimum absolute atomic E-state index is 0.246. The van der Waals surface area contributed by atoms with Crippen LogP contribution in [0.25, 0.3) is 11.0 Å². The van der Waals surface area contributed by atoms with E-state index in [-0.39, 0.29) is 12.7 Å².